The number of carbonyl (C=O) groups is 1. The highest BCUT2D eigenvalue weighted by atomic mass is 35.5. The summed E-state index contributed by atoms with van der Waals surface area (Å²) in [5, 5.41) is -0.117. The molecular formula is C18H16ClF3N2O. The lowest BCUT2D eigenvalue weighted by atomic mass is 9.98. The Bertz CT molecular complexity index is 789. The van der Waals surface area contributed by atoms with Gasteiger partial charge in [0.25, 0.3) is 0 Å². The fraction of sp³-hybridized carbons (Fsp3) is 0.333. The molecule has 1 aliphatic rings. The molecule has 1 amide bonds. The van der Waals surface area contributed by atoms with Crippen LogP contribution in [-0.4, -0.2) is 22.8 Å². The molecule has 1 heterocycles. The topological polar surface area (TPSA) is 33.2 Å². The summed E-state index contributed by atoms with van der Waals surface area (Å²) >= 11 is 6.04. The maximum atomic E-state index is 12.9. The molecule has 0 atom stereocenters. The number of rotatable bonds is 4. The van der Waals surface area contributed by atoms with Gasteiger partial charge in [0.1, 0.15) is 0 Å². The first-order valence-electron chi connectivity index (χ1n) is 7.77. The van der Waals surface area contributed by atoms with Gasteiger partial charge in [-0.1, -0.05) is 41.9 Å². The molecular weight excluding hydrogens is 353 g/mol. The first kappa shape index (κ1) is 17.7. The molecule has 0 N–H and O–H groups in total. The van der Waals surface area contributed by atoms with E-state index < -0.39 is 17.2 Å². The van der Waals surface area contributed by atoms with Crippen molar-refractivity contribution in [3.05, 3.63) is 64.4 Å². The standard InChI is InChI=1S/C18H16ClF3N2O/c1-24(11-12-5-3-2-4-6-12)16(25)17(7-8-17)15-14(19)9-13(10-23-15)18(20,21)22/h2-6,9-10H,7-8,11H2,1H3. The summed E-state index contributed by atoms with van der Waals surface area (Å²) in [7, 11) is 1.67. The number of amides is 1. The van der Waals surface area contributed by atoms with Gasteiger partial charge in [-0.3, -0.25) is 9.78 Å². The lowest BCUT2D eigenvalue weighted by Gasteiger charge is -2.24. The van der Waals surface area contributed by atoms with Gasteiger partial charge in [0.15, 0.2) is 0 Å². The fourth-order valence-electron chi connectivity index (χ4n) is 2.92. The van der Waals surface area contributed by atoms with Crippen molar-refractivity contribution in [2.24, 2.45) is 0 Å². The number of alkyl halides is 3. The Morgan fingerprint density at radius 1 is 1.28 bits per heavy atom. The van der Waals surface area contributed by atoms with Crippen molar-refractivity contribution < 1.29 is 18.0 Å². The molecule has 3 rings (SSSR count). The van der Waals surface area contributed by atoms with Crippen LogP contribution in [0.25, 0.3) is 0 Å². The van der Waals surface area contributed by atoms with E-state index in [4.69, 9.17) is 11.6 Å². The van der Waals surface area contributed by atoms with E-state index in [-0.39, 0.29) is 16.6 Å². The van der Waals surface area contributed by atoms with Crippen molar-refractivity contribution in [1.29, 1.82) is 0 Å². The van der Waals surface area contributed by atoms with E-state index in [2.05, 4.69) is 4.98 Å². The Hall–Kier alpha value is -2.08. The number of halogens is 4. The zero-order valence-electron chi connectivity index (χ0n) is 13.5. The number of hydrogen-bond acceptors (Lipinski definition) is 2. The molecule has 1 aromatic heterocycles. The van der Waals surface area contributed by atoms with Gasteiger partial charge in [-0.05, 0) is 24.5 Å². The highest BCUT2D eigenvalue weighted by Gasteiger charge is 2.55. The van der Waals surface area contributed by atoms with Gasteiger partial charge in [0.05, 0.1) is 21.7 Å². The van der Waals surface area contributed by atoms with Crippen molar-refractivity contribution in [2.75, 3.05) is 7.05 Å². The average Bonchev–Trinajstić information content (AvgIpc) is 3.35. The maximum absolute atomic E-state index is 12.9. The Morgan fingerprint density at radius 2 is 1.92 bits per heavy atom. The lowest BCUT2D eigenvalue weighted by molar-refractivity contribution is -0.137. The molecule has 0 spiro atoms. The largest absolute Gasteiger partial charge is 0.417 e. The van der Waals surface area contributed by atoms with E-state index in [9.17, 15) is 18.0 Å². The molecule has 7 heteroatoms. The molecule has 1 aromatic carbocycles. The Kier molecular flexibility index (Phi) is 4.49. The average molecular weight is 369 g/mol. The van der Waals surface area contributed by atoms with Gasteiger partial charge in [-0.15, -0.1) is 0 Å². The summed E-state index contributed by atoms with van der Waals surface area (Å²) < 4.78 is 38.3. The second kappa shape index (κ2) is 6.33. The zero-order valence-corrected chi connectivity index (χ0v) is 14.2. The molecule has 1 saturated carbocycles. The van der Waals surface area contributed by atoms with Crippen LogP contribution >= 0.6 is 11.6 Å². The number of hydrogen-bond donors (Lipinski definition) is 0. The highest BCUT2D eigenvalue weighted by molar-refractivity contribution is 6.31. The van der Waals surface area contributed by atoms with Crippen LogP contribution in [0.3, 0.4) is 0 Å². The van der Waals surface area contributed by atoms with Gasteiger partial charge < -0.3 is 4.90 Å². The van der Waals surface area contributed by atoms with Crippen molar-refractivity contribution in [3.8, 4) is 0 Å². The quantitative estimate of drug-likeness (QED) is 0.799. The van der Waals surface area contributed by atoms with Crippen molar-refractivity contribution in [3.63, 3.8) is 0 Å². The Balaban J connectivity index is 1.83. The minimum atomic E-state index is -4.51. The molecule has 132 valence electrons. The number of aromatic nitrogens is 1. The van der Waals surface area contributed by atoms with Crippen LogP contribution in [0.2, 0.25) is 5.02 Å². The van der Waals surface area contributed by atoms with Gasteiger partial charge in [0.2, 0.25) is 5.91 Å². The fourth-order valence-corrected chi connectivity index (χ4v) is 3.26. The van der Waals surface area contributed by atoms with Crippen LogP contribution in [0.5, 0.6) is 0 Å². The molecule has 1 fully saturated rings. The Labute approximate surface area is 148 Å². The third-order valence-corrected chi connectivity index (χ3v) is 4.68. The molecule has 2 aromatic rings. The van der Waals surface area contributed by atoms with E-state index in [1.807, 2.05) is 30.3 Å². The molecule has 3 nitrogen and oxygen atoms in total. The number of carbonyl (C=O) groups excluding carboxylic acids is 1. The number of pyridine rings is 1. The third-order valence-electron chi connectivity index (χ3n) is 4.39. The van der Waals surface area contributed by atoms with E-state index in [0.717, 1.165) is 17.8 Å². The van der Waals surface area contributed by atoms with Crippen molar-refractivity contribution in [2.45, 2.75) is 31.0 Å². The minimum absolute atomic E-state index is 0.117. The maximum Gasteiger partial charge on any atom is 0.417 e. The monoisotopic (exact) mass is 368 g/mol. The van der Waals surface area contributed by atoms with Crippen molar-refractivity contribution in [1.82, 2.24) is 9.88 Å². The van der Waals surface area contributed by atoms with Crippen molar-refractivity contribution >= 4 is 17.5 Å². The second-order valence-electron chi connectivity index (χ2n) is 6.28. The molecule has 25 heavy (non-hydrogen) atoms. The van der Waals surface area contributed by atoms with E-state index in [1.165, 1.54) is 0 Å². The predicted molar refractivity (Wildman–Crippen MR) is 88.1 cm³/mol. The lowest BCUT2D eigenvalue weighted by Crippen LogP contribution is -2.36. The van der Waals surface area contributed by atoms with Crippen LogP contribution in [0.15, 0.2) is 42.6 Å². The van der Waals surface area contributed by atoms with E-state index >= 15 is 0 Å². The predicted octanol–water partition coefficient (Wildman–Crippen LogP) is 4.44. The number of benzene rings is 1. The summed E-state index contributed by atoms with van der Waals surface area (Å²) in [6, 6.07) is 10.3. The summed E-state index contributed by atoms with van der Waals surface area (Å²) in [6.45, 7) is 0.416. The van der Waals surface area contributed by atoms with Gasteiger partial charge in [-0.25, -0.2) is 0 Å². The highest BCUT2D eigenvalue weighted by Crippen LogP contribution is 2.51. The van der Waals surface area contributed by atoms with Crippen LogP contribution in [0.4, 0.5) is 13.2 Å². The molecule has 0 radical (unpaired) electrons. The first-order valence-corrected chi connectivity index (χ1v) is 8.14. The summed E-state index contributed by atoms with van der Waals surface area (Å²) in [5.74, 6) is -0.175. The van der Waals surface area contributed by atoms with Crippen LogP contribution in [0, 0.1) is 0 Å². The SMILES string of the molecule is CN(Cc1ccccc1)C(=O)C1(c2ncc(C(F)(F)F)cc2Cl)CC1. The summed E-state index contributed by atoms with van der Waals surface area (Å²) in [5.41, 5.74) is -0.625. The van der Waals surface area contributed by atoms with Gasteiger partial charge in [0, 0.05) is 19.8 Å². The molecule has 0 unspecified atom stereocenters. The first-order chi connectivity index (χ1) is 11.7. The zero-order chi connectivity index (χ0) is 18.2. The third kappa shape index (κ3) is 3.49. The van der Waals surface area contributed by atoms with E-state index in [0.29, 0.717) is 19.4 Å². The van der Waals surface area contributed by atoms with Crippen LogP contribution < -0.4 is 0 Å². The molecule has 0 aliphatic heterocycles. The summed E-state index contributed by atoms with van der Waals surface area (Å²) in [4.78, 5) is 18.3. The minimum Gasteiger partial charge on any atom is -0.341 e. The molecule has 0 saturated heterocycles. The number of likely N-dealkylation sites (N-methyl/N-ethyl adjacent to an activating group) is 1. The second-order valence-corrected chi connectivity index (χ2v) is 6.69. The molecule has 1 aliphatic carbocycles. The van der Waals surface area contributed by atoms with E-state index in [1.54, 1.807) is 11.9 Å². The summed E-state index contributed by atoms with van der Waals surface area (Å²) in [6.07, 6.45) is -2.71. The number of nitrogens with zero attached hydrogens (tertiary/aromatic N) is 2. The van der Waals surface area contributed by atoms with Crippen LogP contribution in [-0.2, 0) is 22.9 Å². The smallest absolute Gasteiger partial charge is 0.341 e. The normalized spacial score (nSPS) is 15.7. The van der Waals surface area contributed by atoms with Crippen LogP contribution in [0.1, 0.15) is 29.7 Å². The Morgan fingerprint density at radius 3 is 2.44 bits per heavy atom. The van der Waals surface area contributed by atoms with Gasteiger partial charge in [-0.2, -0.15) is 13.2 Å². The molecule has 0 bridgehead atoms. The van der Waals surface area contributed by atoms with Gasteiger partial charge >= 0.3 is 6.18 Å².